The Hall–Kier alpha value is -0.870. The summed E-state index contributed by atoms with van der Waals surface area (Å²) >= 11 is 0. The smallest absolute Gasteiger partial charge is 0.240 e. The van der Waals surface area contributed by atoms with Gasteiger partial charge in [-0.05, 0) is 17.7 Å². The number of halogens is 1. The summed E-state index contributed by atoms with van der Waals surface area (Å²) in [4.78, 5) is 6.69. The molecule has 8 heteroatoms. The molecule has 118 valence electrons. The van der Waals surface area contributed by atoms with Crippen LogP contribution in [0.25, 0.3) is 0 Å². The van der Waals surface area contributed by atoms with Gasteiger partial charge < -0.3 is 10.2 Å². The van der Waals surface area contributed by atoms with Crippen LogP contribution in [-0.4, -0.2) is 46.0 Å². The normalized spacial score (nSPS) is 14.6. The third-order valence-corrected chi connectivity index (χ3v) is 4.64. The highest BCUT2D eigenvalue weighted by molar-refractivity contribution is 14.0. The van der Waals surface area contributed by atoms with E-state index in [1.165, 1.54) is 0 Å². The van der Waals surface area contributed by atoms with E-state index in [4.69, 9.17) is 0 Å². The number of sulfonamides is 1. The highest BCUT2D eigenvalue weighted by Gasteiger charge is 2.13. The first-order chi connectivity index (χ1) is 9.53. The van der Waals surface area contributed by atoms with Crippen LogP contribution in [0.4, 0.5) is 0 Å². The number of hydrogen-bond acceptors (Lipinski definition) is 5. The van der Waals surface area contributed by atoms with Gasteiger partial charge in [-0.25, -0.2) is 13.1 Å². The van der Waals surface area contributed by atoms with E-state index >= 15 is 0 Å². The second-order valence-corrected chi connectivity index (χ2v) is 6.39. The summed E-state index contributed by atoms with van der Waals surface area (Å²) in [6.45, 7) is 4.53. The van der Waals surface area contributed by atoms with Crippen molar-refractivity contribution in [2.45, 2.75) is 18.4 Å². The minimum Gasteiger partial charge on any atom is -0.352 e. The molecule has 2 N–H and O–H groups in total. The van der Waals surface area contributed by atoms with Gasteiger partial charge in [-0.15, -0.1) is 24.0 Å². The average Bonchev–Trinajstić information content (AvgIpc) is 2.82. The van der Waals surface area contributed by atoms with Gasteiger partial charge in [0, 0.05) is 26.7 Å². The summed E-state index contributed by atoms with van der Waals surface area (Å²) in [5.74, 6) is 0.884. The Kier molecular flexibility index (Phi) is 6.88. The zero-order chi connectivity index (χ0) is 14.6. The molecule has 0 radical (unpaired) electrons. The van der Waals surface area contributed by atoms with Crippen LogP contribution in [-0.2, 0) is 16.6 Å². The van der Waals surface area contributed by atoms with Crippen molar-refractivity contribution < 1.29 is 8.42 Å². The number of rotatable bonds is 5. The quantitative estimate of drug-likeness (QED) is 0.692. The predicted octanol–water partition coefficient (Wildman–Crippen LogP) is 0.994. The van der Waals surface area contributed by atoms with Crippen LogP contribution < -0.4 is 10.0 Å². The third-order valence-electron chi connectivity index (χ3n) is 3.08. The summed E-state index contributed by atoms with van der Waals surface area (Å²) < 4.78 is 26.1. The van der Waals surface area contributed by atoms with Crippen LogP contribution in [0.15, 0.2) is 34.2 Å². The molecule has 0 unspecified atom stereocenters. The minimum absolute atomic E-state index is 0. The monoisotopic (exact) mass is 424 g/mol. The molecule has 0 aromatic heterocycles. The number of likely N-dealkylation sites (N-methyl/N-ethyl adjacent to an activating group) is 1. The van der Waals surface area contributed by atoms with Gasteiger partial charge in [-0.1, -0.05) is 19.1 Å². The Morgan fingerprint density at radius 1 is 1.29 bits per heavy atom. The Morgan fingerprint density at radius 2 is 1.95 bits per heavy atom. The maximum atomic E-state index is 11.8. The van der Waals surface area contributed by atoms with E-state index in [1.807, 2.05) is 19.2 Å². The first-order valence-electron chi connectivity index (χ1n) is 6.61. The molecule has 6 nitrogen and oxygen atoms in total. The van der Waals surface area contributed by atoms with Crippen molar-refractivity contribution in [2.75, 3.05) is 26.7 Å². The number of guanidine groups is 1. The van der Waals surface area contributed by atoms with Gasteiger partial charge in [-0.3, -0.25) is 4.99 Å². The molecule has 2 rings (SSSR count). The number of benzene rings is 1. The Bertz CT molecular complexity index is 587. The van der Waals surface area contributed by atoms with Gasteiger partial charge >= 0.3 is 0 Å². The largest absolute Gasteiger partial charge is 0.352 e. The molecule has 0 aliphatic carbocycles. The van der Waals surface area contributed by atoms with Gasteiger partial charge in [-0.2, -0.15) is 0 Å². The fraction of sp³-hybridized carbons (Fsp3) is 0.462. The van der Waals surface area contributed by atoms with E-state index in [-0.39, 0.29) is 24.0 Å². The van der Waals surface area contributed by atoms with E-state index in [1.54, 1.807) is 19.1 Å². The molecule has 1 aromatic rings. The lowest BCUT2D eigenvalue weighted by atomic mass is 10.2. The molecule has 21 heavy (non-hydrogen) atoms. The van der Waals surface area contributed by atoms with Crippen molar-refractivity contribution in [3.63, 3.8) is 0 Å². The first-order valence-corrected chi connectivity index (χ1v) is 8.09. The van der Waals surface area contributed by atoms with Gasteiger partial charge in [0.1, 0.15) is 0 Å². The molecule has 0 fully saturated rings. The molecule has 0 atom stereocenters. The molecule has 0 amide bonds. The molecular formula is C13H21IN4O2S. The Balaban J connectivity index is 0.00000220. The maximum absolute atomic E-state index is 11.8. The summed E-state index contributed by atoms with van der Waals surface area (Å²) in [5.41, 5.74) is 1.02. The zero-order valence-electron chi connectivity index (χ0n) is 12.2. The van der Waals surface area contributed by atoms with Gasteiger partial charge in [0.05, 0.1) is 11.4 Å². The highest BCUT2D eigenvalue weighted by atomic mass is 127. The lowest BCUT2D eigenvalue weighted by Gasteiger charge is -2.15. The first kappa shape index (κ1) is 18.2. The van der Waals surface area contributed by atoms with Crippen LogP contribution in [0, 0.1) is 0 Å². The van der Waals surface area contributed by atoms with Crippen molar-refractivity contribution in [1.29, 1.82) is 0 Å². The summed E-state index contributed by atoms with van der Waals surface area (Å²) in [5, 5.41) is 3.24. The molecule has 0 saturated heterocycles. The molecule has 1 aromatic carbocycles. The number of nitrogens with one attached hydrogen (secondary N) is 2. The topological polar surface area (TPSA) is 73.8 Å². The third kappa shape index (κ3) is 4.82. The van der Waals surface area contributed by atoms with Crippen LogP contribution in [0.2, 0.25) is 0 Å². The molecule has 1 aliphatic rings. The molecule has 0 spiro atoms. The van der Waals surface area contributed by atoms with E-state index in [2.05, 4.69) is 19.9 Å². The second kappa shape index (κ2) is 7.95. The molecule has 0 bridgehead atoms. The van der Waals surface area contributed by atoms with Crippen molar-refractivity contribution in [3.8, 4) is 0 Å². The van der Waals surface area contributed by atoms with Crippen molar-refractivity contribution in [2.24, 2.45) is 4.99 Å². The summed E-state index contributed by atoms with van der Waals surface area (Å²) in [6.07, 6.45) is 0. The number of nitrogens with zero attached hydrogens (tertiary/aromatic N) is 2. The van der Waals surface area contributed by atoms with Crippen LogP contribution in [0.5, 0.6) is 0 Å². The highest BCUT2D eigenvalue weighted by Crippen LogP contribution is 2.10. The van der Waals surface area contributed by atoms with Gasteiger partial charge in [0.2, 0.25) is 10.0 Å². The summed E-state index contributed by atoms with van der Waals surface area (Å²) in [7, 11) is -1.38. The number of hydrogen-bond donors (Lipinski definition) is 2. The lowest BCUT2D eigenvalue weighted by Crippen LogP contribution is -2.35. The summed E-state index contributed by atoms with van der Waals surface area (Å²) in [6, 6.07) is 6.86. The van der Waals surface area contributed by atoms with Gasteiger partial charge in [0.15, 0.2) is 5.96 Å². The Labute approximate surface area is 143 Å². The van der Waals surface area contributed by atoms with E-state index < -0.39 is 10.0 Å². The maximum Gasteiger partial charge on any atom is 0.240 e. The molecule has 0 saturated carbocycles. The number of aliphatic imine (C=N–C) groups is 1. The van der Waals surface area contributed by atoms with E-state index in [0.717, 1.165) is 24.6 Å². The van der Waals surface area contributed by atoms with E-state index in [0.29, 0.717) is 18.0 Å². The molecule has 1 heterocycles. The Morgan fingerprint density at radius 3 is 2.48 bits per heavy atom. The van der Waals surface area contributed by atoms with Crippen molar-refractivity contribution in [1.82, 2.24) is 14.9 Å². The molecule has 1 aliphatic heterocycles. The van der Waals surface area contributed by atoms with E-state index in [9.17, 15) is 8.42 Å². The second-order valence-electron chi connectivity index (χ2n) is 4.63. The van der Waals surface area contributed by atoms with Crippen molar-refractivity contribution in [3.05, 3.63) is 29.8 Å². The molecular weight excluding hydrogens is 403 g/mol. The lowest BCUT2D eigenvalue weighted by molar-refractivity contribution is 0.534. The standard InChI is InChI=1S/C13H20N4O2S.HI/c1-3-16-20(18,19)12-6-4-11(5-7-12)10-15-13-14-8-9-17(13)2;/h4-7,16H,3,8-10H2,1-2H3,(H,14,15);1H. The average molecular weight is 424 g/mol. The van der Waals surface area contributed by atoms with Crippen molar-refractivity contribution >= 4 is 40.0 Å². The SMILES string of the molecule is CCNS(=O)(=O)c1ccc(CNC2=NCCN2C)cc1.I. The van der Waals surface area contributed by atoms with Crippen LogP contribution in [0.3, 0.4) is 0 Å². The fourth-order valence-corrected chi connectivity index (χ4v) is 3.01. The minimum atomic E-state index is -3.37. The zero-order valence-corrected chi connectivity index (χ0v) is 15.3. The predicted molar refractivity (Wildman–Crippen MR) is 94.5 cm³/mol. The van der Waals surface area contributed by atoms with Gasteiger partial charge in [0.25, 0.3) is 0 Å². The van der Waals surface area contributed by atoms with Crippen LogP contribution >= 0.6 is 24.0 Å². The van der Waals surface area contributed by atoms with Crippen LogP contribution in [0.1, 0.15) is 12.5 Å². The fourth-order valence-electron chi connectivity index (χ4n) is 1.96.